The molecule has 2 aromatic rings. The van der Waals surface area contributed by atoms with Gasteiger partial charge in [-0.2, -0.15) is 0 Å². The van der Waals surface area contributed by atoms with Gasteiger partial charge in [0.05, 0.1) is 12.9 Å². The Morgan fingerprint density at radius 1 is 1.21 bits per heavy atom. The summed E-state index contributed by atoms with van der Waals surface area (Å²) in [4.78, 5) is 11.8. The second-order valence-corrected chi connectivity index (χ2v) is 3.95. The van der Waals surface area contributed by atoms with Crippen molar-refractivity contribution in [3.8, 4) is 5.75 Å². The molecule has 0 spiro atoms. The van der Waals surface area contributed by atoms with Gasteiger partial charge in [0.15, 0.2) is 5.78 Å². The molecule has 1 aromatic heterocycles. The van der Waals surface area contributed by atoms with E-state index in [0.717, 1.165) is 5.75 Å². The van der Waals surface area contributed by atoms with Crippen molar-refractivity contribution in [2.24, 2.45) is 0 Å². The van der Waals surface area contributed by atoms with E-state index < -0.39 is 0 Å². The Kier molecular flexibility index (Phi) is 4.75. The number of hydrogen-bond acceptors (Lipinski definition) is 4. The average Bonchev–Trinajstić information content (AvgIpc) is 2.93. The van der Waals surface area contributed by atoms with Crippen LogP contribution in [-0.2, 0) is 11.3 Å². The van der Waals surface area contributed by atoms with Crippen LogP contribution in [0.5, 0.6) is 5.75 Å². The molecule has 1 aromatic carbocycles. The highest BCUT2D eigenvalue weighted by molar-refractivity contribution is 5.97. The first kappa shape index (κ1) is 13.4. The lowest BCUT2D eigenvalue weighted by atomic mass is 10.1. The lowest BCUT2D eigenvalue weighted by Crippen LogP contribution is -2.08. The highest BCUT2D eigenvalue weighted by atomic mass is 16.5. The number of benzene rings is 1. The van der Waals surface area contributed by atoms with Crippen molar-refractivity contribution in [1.82, 2.24) is 0 Å². The number of furan rings is 1. The molecule has 0 amide bonds. The topological polar surface area (TPSA) is 48.7 Å². The third kappa shape index (κ3) is 3.96. The minimum atomic E-state index is -0.0606. The minimum Gasteiger partial charge on any atom is -0.494 e. The van der Waals surface area contributed by atoms with Crippen LogP contribution in [0.25, 0.3) is 0 Å². The molecule has 2 rings (SSSR count). The Balaban J connectivity index is 1.82. The summed E-state index contributed by atoms with van der Waals surface area (Å²) in [5.74, 6) is 1.41. The molecule has 0 aliphatic rings. The summed E-state index contributed by atoms with van der Waals surface area (Å²) in [6, 6.07) is 10.6. The third-order valence-corrected chi connectivity index (χ3v) is 2.54. The molecule has 0 N–H and O–H groups in total. The van der Waals surface area contributed by atoms with Crippen LogP contribution in [0.15, 0.2) is 47.1 Å². The van der Waals surface area contributed by atoms with Gasteiger partial charge >= 0.3 is 0 Å². The summed E-state index contributed by atoms with van der Waals surface area (Å²) in [6.45, 7) is 2.87. The zero-order valence-corrected chi connectivity index (χ0v) is 10.8. The van der Waals surface area contributed by atoms with Gasteiger partial charge in [-0.3, -0.25) is 4.79 Å². The van der Waals surface area contributed by atoms with Crippen molar-refractivity contribution in [3.63, 3.8) is 0 Å². The zero-order chi connectivity index (χ0) is 13.5. The molecule has 1 heterocycles. The minimum absolute atomic E-state index is 0.0364. The van der Waals surface area contributed by atoms with Gasteiger partial charge in [-0.25, -0.2) is 0 Å². The smallest absolute Gasteiger partial charge is 0.188 e. The quantitative estimate of drug-likeness (QED) is 0.718. The number of ether oxygens (including phenoxy) is 2. The predicted octanol–water partition coefficient (Wildman–Crippen LogP) is 3.08. The number of hydrogen-bond donors (Lipinski definition) is 0. The molecule has 0 radical (unpaired) electrons. The van der Waals surface area contributed by atoms with Gasteiger partial charge in [-0.1, -0.05) is 0 Å². The van der Waals surface area contributed by atoms with Crippen LogP contribution in [0.1, 0.15) is 23.0 Å². The zero-order valence-electron chi connectivity index (χ0n) is 10.8. The fourth-order valence-electron chi connectivity index (χ4n) is 1.63. The van der Waals surface area contributed by atoms with Crippen molar-refractivity contribution >= 4 is 5.78 Å². The maximum Gasteiger partial charge on any atom is 0.188 e. The highest BCUT2D eigenvalue weighted by Crippen LogP contribution is 2.12. The van der Waals surface area contributed by atoms with Crippen molar-refractivity contribution in [2.75, 3.05) is 13.2 Å². The highest BCUT2D eigenvalue weighted by Gasteiger charge is 2.06. The summed E-state index contributed by atoms with van der Waals surface area (Å²) < 4.78 is 15.7. The molecular weight excluding hydrogens is 244 g/mol. The Hall–Kier alpha value is -2.07. The van der Waals surface area contributed by atoms with Gasteiger partial charge in [0.25, 0.3) is 0 Å². The predicted molar refractivity (Wildman–Crippen MR) is 70.3 cm³/mol. The largest absolute Gasteiger partial charge is 0.494 e. The molecule has 0 aliphatic carbocycles. The molecule has 0 atom stereocenters. The van der Waals surface area contributed by atoms with E-state index in [4.69, 9.17) is 13.9 Å². The van der Waals surface area contributed by atoms with Gasteiger partial charge < -0.3 is 13.9 Å². The first-order valence-electron chi connectivity index (χ1n) is 6.16. The van der Waals surface area contributed by atoms with Crippen LogP contribution in [0.4, 0.5) is 0 Å². The Labute approximate surface area is 111 Å². The van der Waals surface area contributed by atoms with Crippen LogP contribution >= 0.6 is 0 Å². The van der Waals surface area contributed by atoms with Crippen LogP contribution in [-0.4, -0.2) is 19.0 Å². The maximum atomic E-state index is 11.8. The number of Topliss-reactive ketones (excluding diaryl/α,β-unsaturated/α-hetero) is 1. The average molecular weight is 260 g/mol. The summed E-state index contributed by atoms with van der Waals surface area (Å²) in [6.07, 6.45) is 1.58. The summed E-state index contributed by atoms with van der Waals surface area (Å²) >= 11 is 0. The van der Waals surface area contributed by atoms with E-state index in [9.17, 15) is 4.79 Å². The molecule has 19 heavy (non-hydrogen) atoms. The Morgan fingerprint density at radius 2 is 2.00 bits per heavy atom. The number of carbonyl (C=O) groups is 1. The van der Waals surface area contributed by atoms with Gasteiger partial charge in [0.2, 0.25) is 0 Å². The molecule has 0 saturated heterocycles. The van der Waals surface area contributed by atoms with E-state index in [1.165, 1.54) is 0 Å². The monoisotopic (exact) mass is 260 g/mol. The van der Waals surface area contributed by atoms with E-state index in [0.29, 0.717) is 24.5 Å². The Bertz CT molecular complexity index is 499. The van der Waals surface area contributed by atoms with Crippen molar-refractivity contribution < 1.29 is 18.7 Å². The van der Waals surface area contributed by atoms with E-state index in [2.05, 4.69) is 0 Å². The van der Waals surface area contributed by atoms with E-state index in [1.807, 2.05) is 6.92 Å². The van der Waals surface area contributed by atoms with Gasteiger partial charge in [-0.05, 0) is 43.3 Å². The number of carbonyl (C=O) groups excluding carboxylic acids is 1. The van der Waals surface area contributed by atoms with E-state index >= 15 is 0 Å². The molecule has 100 valence electrons. The molecular formula is C15H16O4. The lowest BCUT2D eigenvalue weighted by Gasteiger charge is -2.05. The molecule has 0 bridgehead atoms. The number of rotatable bonds is 7. The second kappa shape index (κ2) is 6.75. The van der Waals surface area contributed by atoms with Gasteiger partial charge in [0, 0.05) is 5.56 Å². The summed E-state index contributed by atoms with van der Waals surface area (Å²) in [7, 11) is 0. The third-order valence-electron chi connectivity index (χ3n) is 2.54. The molecule has 0 saturated carbocycles. The summed E-state index contributed by atoms with van der Waals surface area (Å²) in [5, 5.41) is 0. The van der Waals surface area contributed by atoms with Gasteiger partial charge in [0.1, 0.15) is 24.7 Å². The molecule has 0 fully saturated rings. The second-order valence-electron chi connectivity index (χ2n) is 3.95. The van der Waals surface area contributed by atoms with Crippen molar-refractivity contribution in [1.29, 1.82) is 0 Å². The van der Waals surface area contributed by atoms with E-state index in [-0.39, 0.29) is 12.4 Å². The van der Waals surface area contributed by atoms with E-state index in [1.54, 1.807) is 42.7 Å². The summed E-state index contributed by atoms with van der Waals surface area (Å²) in [5.41, 5.74) is 0.614. The van der Waals surface area contributed by atoms with Crippen LogP contribution in [0.2, 0.25) is 0 Å². The lowest BCUT2D eigenvalue weighted by molar-refractivity contribution is 0.0691. The normalized spacial score (nSPS) is 10.4. The first-order chi connectivity index (χ1) is 9.29. The number of ketones is 1. The molecule has 0 aliphatic heterocycles. The fourth-order valence-corrected chi connectivity index (χ4v) is 1.63. The Morgan fingerprint density at radius 3 is 2.63 bits per heavy atom. The van der Waals surface area contributed by atoms with Crippen LogP contribution in [0.3, 0.4) is 0 Å². The SMILES string of the molecule is CCOc1ccc(C(=O)COCc2ccco2)cc1. The molecule has 4 heteroatoms. The van der Waals surface area contributed by atoms with Gasteiger partial charge in [-0.15, -0.1) is 0 Å². The van der Waals surface area contributed by atoms with Crippen LogP contribution in [0, 0.1) is 0 Å². The van der Waals surface area contributed by atoms with Crippen molar-refractivity contribution in [2.45, 2.75) is 13.5 Å². The standard InChI is InChI=1S/C15H16O4/c1-2-18-13-7-5-12(6-8-13)15(16)11-17-10-14-4-3-9-19-14/h3-9H,2,10-11H2,1H3. The van der Waals surface area contributed by atoms with Crippen molar-refractivity contribution in [3.05, 3.63) is 54.0 Å². The maximum absolute atomic E-state index is 11.8. The molecule has 4 nitrogen and oxygen atoms in total. The fraction of sp³-hybridized carbons (Fsp3) is 0.267. The van der Waals surface area contributed by atoms with Crippen LogP contribution < -0.4 is 4.74 Å². The first-order valence-corrected chi connectivity index (χ1v) is 6.16. The molecule has 0 unspecified atom stereocenters.